The number of nitrogens with zero attached hydrogens (tertiary/aromatic N) is 1. The van der Waals surface area contributed by atoms with Crippen LogP contribution < -0.4 is 11.4 Å². The molecule has 6 nitrogen and oxygen atoms in total. The third-order valence-electron chi connectivity index (χ3n) is 2.01. The van der Waals surface area contributed by atoms with Gasteiger partial charge in [-0.05, 0) is 26.0 Å². The molecule has 0 radical (unpaired) electrons. The summed E-state index contributed by atoms with van der Waals surface area (Å²) in [4.78, 5) is 28.0. The van der Waals surface area contributed by atoms with Gasteiger partial charge >= 0.3 is 11.7 Å². The van der Waals surface area contributed by atoms with Crippen LogP contribution in [0.4, 0.5) is 0 Å². The number of aromatic nitrogens is 2. The number of H-pyrrole nitrogens is 1. The zero-order chi connectivity index (χ0) is 11.4. The molecule has 82 valence electrons. The molecule has 0 aliphatic carbocycles. The highest BCUT2D eigenvalue weighted by molar-refractivity contribution is 5.75. The highest BCUT2D eigenvalue weighted by atomic mass is 16.4. The van der Waals surface area contributed by atoms with Crippen LogP contribution in [0.15, 0.2) is 10.9 Å². The number of carboxylic acid groups (broad SMARTS) is 1. The van der Waals surface area contributed by atoms with Crippen molar-refractivity contribution in [3.63, 3.8) is 0 Å². The van der Waals surface area contributed by atoms with Crippen LogP contribution in [0, 0.1) is 6.92 Å². The van der Waals surface area contributed by atoms with Crippen molar-refractivity contribution in [2.45, 2.75) is 19.3 Å². The molecule has 0 aliphatic heterocycles. The van der Waals surface area contributed by atoms with Gasteiger partial charge in [-0.1, -0.05) is 0 Å². The van der Waals surface area contributed by atoms with Crippen LogP contribution in [0.5, 0.6) is 0 Å². The van der Waals surface area contributed by atoms with Crippen molar-refractivity contribution < 1.29 is 9.90 Å². The minimum Gasteiger partial charge on any atom is -0.481 e. The summed E-state index contributed by atoms with van der Waals surface area (Å²) in [5.41, 5.74) is 5.62. The van der Waals surface area contributed by atoms with Gasteiger partial charge in [0.2, 0.25) is 0 Å². The van der Waals surface area contributed by atoms with Gasteiger partial charge in [-0.2, -0.15) is 4.98 Å². The minimum absolute atomic E-state index is 0.241. The van der Waals surface area contributed by atoms with Crippen molar-refractivity contribution in [3.05, 3.63) is 27.9 Å². The van der Waals surface area contributed by atoms with Crippen LogP contribution in [0.25, 0.3) is 0 Å². The summed E-state index contributed by atoms with van der Waals surface area (Å²) in [5, 5.41) is 8.93. The van der Waals surface area contributed by atoms with E-state index >= 15 is 0 Å². The van der Waals surface area contributed by atoms with Crippen molar-refractivity contribution in [2.75, 3.05) is 6.54 Å². The second kappa shape index (κ2) is 4.70. The van der Waals surface area contributed by atoms with Gasteiger partial charge in [0.1, 0.15) is 5.92 Å². The average Bonchev–Trinajstić information content (AvgIpc) is 2.11. The maximum Gasteiger partial charge on any atom is 0.345 e. The summed E-state index contributed by atoms with van der Waals surface area (Å²) in [7, 11) is 0. The molecule has 0 saturated carbocycles. The second-order valence-corrected chi connectivity index (χ2v) is 3.26. The number of hydrogen-bond donors (Lipinski definition) is 3. The second-order valence-electron chi connectivity index (χ2n) is 3.26. The van der Waals surface area contributed by atoms with E-state index in [-0.39, 0.29) is 18.7 Å². The number of rotatable bonds is 4. The van der Waals surface area contributed by atoms with E-state index < -0.39 is 17.6 Å². The van der Waals surface area contributed by atoms with Crippen LogP contribution in [-0.4, -0.2) is 27.6 Å². The molecular formula is C9H13N3O3. The van der Waals surface area contributed by atoms with Crippen molar-refractivity contribution in [2.24, 2.45) is 5.73 Å². The van der Waals surface area contributed by atoms with Crippen molar-refractivity contribution in [1.82, 2.24) is 9.97 Å². The predicted octanol–water partition coefficient (Wildman–Crippen LogP) is -0.405. The van der Waals surface area contributed by atoms with E-state index in [1.165, 1.54) is 0 Å². The molecule has 15 heavy (non-hydrogen) atoms. The monoisotopic (exact) mass is 211 g/mol. The normalized spacial score (nSPS) is 12.4. The molecule has 0 spiro atoms. The summed E-state index contributed by atoms with van der Waals surface area (Å²) < 4.78 is 0. The van der Waals surface area contributed by atoms with Gasteiger partial charge in [-0.25, -0.2) is 4.79 Å². The Balaban J connectivity index is 3.10. The van der Waals surface area contributed by atoms with Crippen LogP contribution in [0.2, 0.25) is 0 Å². The molecule has 1 aromatic rings. The molecule has 1 atom stereocenters. The lowest BCUT2D eigenvalue weighted by atomic mass is 10.0. The molecule has 1 rings (SSSR count). The van der Waals surface area contributed by atoms with Crippen LogP contribution in [-0.2, 0) is 4.79 Å². The topological polar surface area (TPSA) is 109 Å². The fourth-order valence-corrected chi connectivity index (χ4v) is 1.35. The average molecular weight is 211 g/mol. The number of aryl methyl sites for hydroxylation is 1. The smallest absolute Gasteiger partial charge is 0.345 e. The lowest BCUT2D eigenvalue weighted by molar-refractivity contribution is -0.139. The number of carbonyl (C=O) groups is 1. The van der Waals surface area contributed by atoms with E-state index in [0.29, 0.717) is 5.69 Å². The van der Waals surface area contributed by atoms with E-state index in [0.717, 1.165) is 0 Å². The fraction of sp³-hybridized carbons (Fsp3) is 0.444. The van der Waals surface area contributed by atoms with E-state index in [1.54, 1.807) is 13.0 Å². The lowest BCUT2D eigenvalue weighted by Crippen LogP contribution is -2.22. The van der Waals surface area contributed by atoms with Gasteiger partial charge in [0.25, 0.3) is 0 Å². The first-order valence-electron chi connectivity index (χ1n) is 4.55. The standard InChI is InChI=1S/C9H13N3O3/c1-5-4-7(12-9(15)11-5)6(2-3-10)8(13)14/h4,6H,2-3,10H2,1H3,(H,13,14)(H,11,12,15). The Bertz CT molecular complexity index is 413. The van der Waals surface area contributed by atoms with Gasteiger partial charge in [0.05, 0.1) is 5.69 Å². The highest BCUT2D eigenvalue weighted by Gasteiger charge is 2.20. The van der Waals surface area contributed by atoms with Crippen molar-refractivity contribution in [3.8, 4) is 0 Å². The number of nitrogens with one attached hydrogen (secondary N) is 1. The number of carboxylic acids is 1. The Kier molecular flexibility index (Phi) is 3.56. The molecular weight excluding hydrogens is 198 g/mol. The van der Waals surface area contributed by atoms with Crippen molar-refractivity contribution in [1.29, 1.82) is 0 Å². The third kappa shape index (κ3) is 2.88. The third-order valence-corrected chi connectivity index (χ3v) is 2.01. The Hall–Kier alpha value is -1.69. The summed E-state index contributed by atoms with van der Waals surface area (Å²) in [6.07, 6.45) is 0.269. The Morgan fingerprint density at radius 3 is 2.87 bits per heavy atom. The van der Waals surface area contributed by atoms with Gasteiger partial charge in [0, 0.05) is 5.69 Å². The number of nitrogens with two attached hydrogens (primary N) is 1. The molecule has 1 heterocycles. The van der Waals surface area contributed by atoms with E-state index in [2.05, 4.69) is 9.97 Å². The minimum atomic E-state index is -1.02. The molecule has 0 amide bonds. The number of aliphatic carboxylic acids is 1. The van der Waals surface area contributed by atoms with Crippen LogP contribution >= 0.6 is 0 Å². The fourth-order valence-electron chi connectivity index (χ4n) is 1.35. The number of aromatic amines is 1. The van der Waals surface area contributed by atoms with Gasteiger partial charge in [-0.3, -0.25) is 4.79 Å². The molecule has 0 aliphatic rings. The summed E-state index contributed by atoms with van der Waals surface area (Å²) in [6.45, 7) is 1.92. The van der Waals surface area contributed by atoms with Crippen LogP contribution in [0.3, 0.4) is 0 Å². The maximum atomic E-state index is 11.1. The Labute approximate surface area is 86.2 Å². The SMILES string of the molecule is Cc1cc(C(CCN)C(=O)O)nc(=O)[nH]1. The molecule has 1 aromatic heterocycles. The predicted molar refractivity (Wildman–Crippen MR) is 53.6 cm³/mol. The van der Waals surface area contributed by atoms with Crippen LogP contribution in [0.1, 0.15) is 23.7 Å². The number of hydrogen-bond acceptors (Lipinski definition) is 4. The molecule has 0 saturated heterocycles. The van der Waals surface area contributed by atoms with Gasteiger partial charge < -0.3 is 15.8 Å². The Morgan fingerprint density at radius 2 is 2.40 bits per heavy atom. The van der Waals surface area contributed by atoms with E-state index in [4.69, 9.17) is 10.8 Å². The Morgan fingerprint density at radius 1 is 1.73 bits per heavy atom. The van der Waals surface area contributed by atoms with E-state index in [9.17, 15) is 9.59 Å². The first kappa shape index (κ1) is 11.4. The highest BCUT2D eigenvalue weighted by Crippen LogP contribution is 2.16. The van der Waals surface area contributed by atoms with Gasteiger partial charge in [-0.15, -0.1) is 0 Å². The van der Waals surface area contributed by atoms with E-state index in [1.807, 2.05) is 0 Å². The molecule has 0 fully saturated rings. The molecule has 6 heteroatoms. The largest absolute Gasteiger partial charge is 0.481 e. The quantitative estimate of drug-likeness (QED) is 0.627. The molecule has 0 aromatic carbocycles. The summed E-state index contributed by atoms with van der Waals surface area (Å²) in [5.74, 6) is -1.83. The zero-order valence-electron chi connectivity index (χ0n) is 8.36. The molecule has 0 bridgehead atoms. The molecule has 1 unspecified atom stereocenters. The summed E-state index contributed by atoms with van der Waals surface area (Å²) in [6, 6.07) is 1.55. The first-order valence-corrected chi connectivity index (χ1v) is 4.55. The summed E-state index contributed by atoms with van der Waals surface area (Å²) >= 11 is 0. The molecule has 4 N–H and O–H groups in total. The first-order chi connectivity index (χ1) is 7.04. The van der Waals surface area contributed by atoms with Gasteiger partial charge in [0.15, 0.2) is 0 Å². The maximum absolute atomic E-state index is 11.1. The lowest BCUT2D eigenvalue weighted by Gasteiger charge is -2.10. The van der Waals surface area contributed by atoms with Crippen molar-refractivity contribution >= 4 is 5.97 Å². The zero-order valence-corrected chi connectivity index (χ0v) is 8.36.